The fourth-order valence-corrected chi connectivity index (χ4v) is 1.42. The number of hydrogen-bond donors (Lipinski definition) is 2. The Balaban J connectivity index is 1.56. The topological polar surface area (TPSA) is 58.5 Å². The van der Waals surface area contributed by atoms with E-state index in [1.807, 2.05) is 23.3 Å². The van der Waals surface area contributed by atoms with Gasteiger partial charge in [-0.15, -0.1) is 5.10 Å². The predicted octanol–water partition coefficient (Wildman–Crippen LogP) is 0.786. The van der Waals surface area contributed by atoms with Crippen LogP contribution in [0.3, 0.4) is 0 Å². The quantitative estimate of drug-likeness (QED) is 0.685. The Kier molecular flexibility index (Phi) is 3.51. The molecule has 0 fully saturated rings. The molecule has 5 heteroatoms. The van der Waals surface area contributed by atoms with Crippen molar-refractivity contribution in [1.29, 1.82) is 0 Å². The van der Waals surface area contributed by atoms with Crippen molar-refractivity contribution in [3.05, 3.63) is 36.4 Å². The van der Waals surface area contributed by atoms with Crippen molar-refractivity contribution in [2.75, 3.05) is 6.54 Å². The fourth-order valence-electron chi connectivity index (χ4n) is 1.42. The van der Waals surface area contributed by atoms with E-state index in [9.17, 15) is 0 Å². The summed E-state index contributed by atoms with van der Waals surface area (Å²) in [6, 6.07) is 2.07. The highest BCUT2D eigenvalue weighted by Gasteiger charge is 1.93. The van der Waals surface area contributed by atoms with E-state index >= 15 is 0 Å². The summed E-state index contributed by atoms with van der Waals surface area (Å²) < 4.78 is 1.85. The van der Waals surface area contributed by atoms with Crippen LogP contribution in [0.2, 0.25) is 0 Å². The van der Waals surface area contributed by atoms with E-state index in [-0.39, 0.29) is 0 Å². The van der Waals surface area contributed by atoms with Gasteiger partial charge in [0.15, 0.2) is 0 Å². The van der Waals surface area contributed by atoms with Gasteiger partial charge in [-0.3, -0.25) is 4.68 Å². The molecule has 0 aromatic carbocycles. The molecular formula is C10H15N5. The number of aromatic amines is 1. The van der Waals surface area contributed by atoms with Crippen LogP contribution in [-0.4, -0.2) is 26.5 Å². The van der Waals surface area contributed by atoms with Crippen LogP contribution in [0.5, 0.6) is 0 Å². The molecular weight excluding hydrogens is 190 g/mol. The average molecular weight is 205 g/mol. The minimum atomic E-state index is 0.917. The molecule has 80 valence electrons. The largest absolute Gasteiger partial charge is 0.367 e. The third kappa shape index (κ3) is 3.21. The van der Waals surface area contributed by atoms with E-state index in [0.717, 1.165) is 26.1 Å². The summed E-state index contributed by atoms with van der Waals surface area (Å²) in [5, 5.41) is 11.0. The highest BCUT2D eigenvalue weighted by Crippen LogP contribution is 1.95. The second-order valence-electron chi connectivity index (χ2n) is 3.42. The van der Waals surface area contributed by atoms with Crippen LogP contribution in [0.4, 0.5) is 0 Å². The molecule has 0 saturated heterocycles. The molecule has 5 nitrogen and oxygen atoms in total. The zero-order valence-electron chi connectivity index (χ0n) is 8.56. The summed E-state index contributed by atoms with van der Waals surface area (Å²) in [7, 11) is 0. The summed E-state index contributed by atoms with van der Waals surface area (Å²) >= 11 is 0. The van der Waals surface area contributed by atoms with Crippen LogP contribution < -0.4 is 5.32 Å². The zero-order valence-corrected chi connectivity index (χ0v) is 8.56. The van der Waals surface area contributed by atoms with Gasteiger partial charge in [0.2, 0.25) is 0 Å². The van der Waals surface area contributed by atoms with Crippen molar-refractivity contribution in [2.24, 2.45) is 0 Å². The van der Waals surface area contributed by atoms with Gasteiger partial charge in [-0.05, 0) is 24.6 Å². The number of H-pyrrole nitrogens is 1. The van der Waals surface area contributed by atoms with Gasteiger partial charge >= 0.3 is 0 Å². The smallest absolute Gasteiger partial charge is 0.0692 e. The predicted molar refractivity (Wildman–Crippen MR) is 57.1 cm³/mol. The van der Waals surface area contributed by atoms with Gasteiger partial charge in [0, 0.05) is 31.7 Å². The van der Waals surface area contributed by atoms with E-state index in [1.165, 1.54) is 5.56 Å². The molecule has 0 unspecified atom stereocenters. The highest BCUT2D eigenvalue weighted by molar-refractivity contribution is 5.07. The van der Waals surface area contributed by atoms with Crippen molar-refractivity contribution in [1.82, 2.24) is 25.3 Å². The number of aryl methyl sites for hydroxylation is 1. The molecule has 0 bridgehead atoms. The van der Waals surface area contributed by atoms with Crippen LogP contribution in [0.25, 0.3) is 0 Å². The Labute approximate surface area is 88.5 Å². The molecule has 0 saturated carbocycles. The number of rotatable bonds is 6. The van der Waals surface area contributed by atoms with Crippen molar-refractivity contribution < 1.29 is 0 Å². The van der Waals surface area contributed by atoms with Gasteiger partial charge in [-0.2, -0.15) is 0 Å². The normalized spacial score (nSPS) is 10.7. The summed E-state index contributed by atoms with van der Waals surface area (Å²) in [6.07, 6.45) is 8.59. The van der Waals surface area contributed by atoms with Crippen LogP contribution in [0.1, 0.15) is 12.0 Å². The lowest BCUT2D eigenvalue weighted by atomic mass is 10.3. The average Bonchev–Trinajstić information content (AvgIpc) is 2.88. The number of aromatic nitrogens is 4. The van der Waals surface area contributed by atoms with Crippen LogP contribution in [0.15, 0.2) is 30.9 Å². The molecule has 2 heterocycles. The van der Waals surface area contributed by atoms with Crippen LogP contribution in [0, 0.1) is 0 Å². The molecule has 0 amide bonds. The first-order valence-corrected chi connectivity index (χ1v) is 5.11. The third-order valence-corrected chi connectivity index (χ3v) is 2.20. The maximum absolute atomic E-state index is 3.90. The van der Waals surface area contributed by atoms with Gasteiger partial charge in [0.25, 0.3) is 0 Å². The Morgan fingerprint density at radius 3 is 3.20 bits per heavy atom. The lowest BCUT2D eigenvalue weighted by molar-refractivity contribution is 0.530. The van der Waals surface area contributed by atoms with Gasteiger partial charge in [0.05, 0.1) is 6.20 Å². The molecule has 2 N–H and O–H groups in total. The zero-order chi connectivity index (χ0) is 10.3. The van der Waals surface area contributed by atoms with E-state index in [4.69, 9.17) is 0 Å². The second kappa shape index (κ2) is 5.31. The first-order valence-electron chi connectivity index (χ1n) is 5.11. The van der Waals surface area contributed by atoms with Gasteiger partial charge in [-0.1, -0.05) is 5.21 Å². The summed E-state index contributed by atoms with van der Waals surface area (Å²) in [5.41, 5.74) is 1.29. The van der Waals surface area contributed by atoms with Crippen molar-refractivity contribution in [2.45, 2.75) is 19.5 Å². The van der Waals surface area contributed by atoms with Crippen LogP contribution in [-0.2, 0) is 13.1 Å². The molecule has 0 atom stereocenters. The van der Waals surface area contributed by atoms with Crippen LogP contribution >= 0.6 is 0 Å². The molecule has 0 radical (unpaired) electrons. The maximum Gasteiger partial charge on any atom is 0.0692 e. The SMILES string of the molecule is c1cn(CCCNCc2cc[nH]c2)nn1. The number of nitrogens with zero attached hydrogens (tertiary/aromatic N) is 3. The molecule has 2 aromatic heterocycles. The number of nitrogens with one attached hydrogen (secondary N) is 2. The molecule has 0 aliphatic heterocycles. The third-order valence-electron chi connectivity index (χ3n) is 2.20. The van der Waals surface area contributed by atoms with E-state index in [2.05, 4.69) is 26.7 Å². The first-order chi connectivity index (χ1) is 7.45. The number of hydrogen-bond acceptors (Lipinski definition) is 3. The van der Waals surface area contributed by atoms with E-state index in [1.54, 1.807) is 6.20 Å². The second-order valence-corrected chi connectivity index (χ2v) is 3.42. The highest BCUT2D eigenvalue weighted by atomic mass is 15.4. The maximum atomic E-state index is 3.90. The Morgan fingerprint density at radius 1 is 1.47 bits per heavy atom. The molecule has 2 aromatic rings. The molecule has 0 spiro atoms. The molecule has 2 rings (SSSR count). The van der Waals surface area contributed by atoms with Crippen molar-refractivity contribution >= 4 is 0 Å². The molecule has 15 heavy (non-hydrogen) atoms. The van der Waals surface area contributed by atoms with Crippen molar-refractivity contribution in [3.63, 3.8) is 0 Å². The first kappa shape index (κ1) is 9.92. The van der Waals surface area contributed by atoms with E-state index in [0.29, 0.717) is 0 Å². The summed E-state index contributed by atoms with van der Waals surface area (Å²) in [5.74, 6) is 0. The standard InChI is InChI=1S/C10H15N5/c1(6-15-7-5-13-14-15)3-11-8-10-2-4-12-9-10/h2,4-5,7,9,11-12H,1,3,6,8H2. The fraction of sp³-hybridized carbons (Fsp3) is 0.400. The minimum absolute atomic E-state index is 0.917. The monoisotopic (exact) mass is 205 g/mol. The summed E-state index contributed by atoms with van der Waals surface area (Å²) in [4.78, 5) is 3.03. The van der Waals surface area contributed by atoms with Gasteiger partial charge in [-0.25, -0.2) is 0 Å². The lowest BCUT2D eigenvalue weighted by Crippen LogP contribution is -2.16. The lowest BCUT2D eigenvalue weighted by Gasteiger charge is -2.02. The molecule has 0 aliphatic carbocycles. The van der Waals surface area contributed by atoms with Gasteiger partial charge in [0.1, 0.15) is 0 Å². The minimum Gasteiger partial charge on any atom is -0.367 e. The Morgan fingerprint density at radius 2 is 2.47 bits per heavy atom. The van der Waals surface area contributed by atoms with E-state index < -0.39 is 0 Å². The molecule has 0 aliphatic rings. The van der Waals surface area contributed by atoms with Crippen molar-refractivity contribution in [3.8, 4) is 0 Å². The Bertz CT molecular complexity index is 315. The Hall–Kier alpha value is -1.62. The summed E-state index contributed by atoms with van der Waals surface area (Å²) in [6.45, 7) is 2.83. The van der Waals surface area contributed by atoms with Gasteiger partial charge < -0.3 is 10.3 Å².